The largest absolute Gasteiger partial charge is 0.391 e. The van der Waals surface area contributed by atoms with Crippen LogP contribution in [0.3, 0.4) is 0 Å². The van der Waals surface area contributed by atoms with E-state index >= 15 is 0 Å². The fraction of sp³-hybridized carbons (Fsp3) is 0.778. The molecular formula is C9H17N3O. The Balaban J connectivity index is 2.62. The van der Waals surface area contributed by atoms with Gasteiger partial charge in [0.25, 0.3) is 0 Å². The smallest absolute Gasteiger partial charge is 0.137 e. The van der Waals surface area contributed by atoms with E-state index in [2.05, 4.69) is 17.0 Å². The highest BCUT2D eigenvalue weighted by molar-refractivity contribution is 4.74. The highest BCUT2D eigenvalue weighted by Gasteiger charge is 2.18. The second kappa shape index (κ2) is 4.97. The molecule has 13 heavy (non-hydrogen) atoms. The van der Waals surface area contributed by atoms with Crippen LogP contribution >= 0.6 is 0 Å². The van der Waals surface area contributed by atoms with Crippen LogP contribution in [-0.4, -0.2) is 26.0 Å². The van der Waals surface area contributed by atoms with Crippen LogP contribution in [0.1, 0.15) is 39.2 Å². The molecule has 1 N–H and O–H groups in total. The van der Waals surface area contributed by atoms with E-state index < -0.39 is 0 Å². The first-order valence-corrected chi connectivity index (χ1v) is 4.81. The summed E-state index contributed by atoms with van der Waals surface area (Å²) in [5.41, 5.74) is 0. The van der Waals surface area contributed by atoms with Crippen LogP contribution < -0.4 is 0 Å². The van der Waals surface area contributed by atoms with Crippen molar-refractivity contribution in [3.63, 3.8) is 0 Å². The van der Waals surface area contributed by atoms with Gasteiger partial charge in [0.15, 0.2) is 0 Å². The normalized spacial score (nSPS) is 15.6. The van der Waals surface area contributed by atoms with Gasteiger partial charge in [0.05, 0.1) is 12.1 Å². The van der Waals surface area contributed by atoms with E-state index in [0.717, 1.165) is 19.3 Å². The Hall–Kier alpha value is -0.900. The molecule has 74 valence electrons. The maximum atomic E-state index is 9.79. The molecule has 0 amide bonds. The second-order valence-corrected chi connectivity index (χ2v) is 3.21. The molecule has 0 radical (unpaired) electrons. The summed E-state index contributed by atoms with van der Waals surface area (Å²) in [6.07, 6.45) is 5.54. The van der Waals surface area contributed by atoms with E-state index in [1.165, 1.54) is 6.33 Å². The number of rotatable bonds is 5. The fourth-order valence-corrected chi connectivity index (χ4v) is 1.51. The molecule has 0 spiro atoms. The van der Waals surface area contributed by atoms with Gasteiger partial charge in [-0.1, -0.05) is 20.3 Å². The molecule has 0 bridgehead atoms. The number of nitrogens with zero attached hydrogens (tertiary/aromatic N) is 3. The summed E-state index contributed by atoms with van der Waals surface area (Å²) < 4.78 is 1.74. The molecule has 0 fully saturated rings. The first kappa shape index (κ1) is 10.2. The van der Waals surface area contributed by atoms with Gasteiger partial charge in [-0.3, -0.25) is 0 Å². The van der Waals surface area contributed by atoms with Crippen molar-refractivity contribution >= 4 is 0 Å². The topological polar surface area (TPSA) is 50.9 Å². The van der Waals surface area contributed by atoms with Gasteiger partial charge in [0, 0.05) is 0 Å². The van der Waals surface area contributed by atoms with Gasteiger partial charge in [0.1, 0.15) is 12.7 Å². The summed E-state index contributed by atoms with van der Waals surface area (Å²) >= 11 is 0. The average Bonchev–Trinajstić information content (AvgIpc) is 2.59. The van der Waals surface area contributed by atoms with E-state index in [4.69, 9.17) is 0 Å². The third-order valence-corrected chi connectivity index (χ3v) is 2.22. The Morgan fingerprint density at radius 3 is 2.69 bits per heavy atom. The molecule has 4 nitrogen and oxygen atoms in total. The van der Waals surface area contributed by atoms with Crippen molar-refractivity contribution in [2.24, 2.45) is 0 Å². The molecule has 0 aliphatic carbocycles. The standard InChI is InChI=1S/C9H17N3O/c1-3-5-9(13)8(4-2)12-7-10-6-11-12/h6-9,13H,3-5H2,1-2H3. The monoisotopic (exact) mass is 183 g/mol. The summed E-state index contributed by atoms with van der Waals surface area (Å²) in [4.78, 5) is 3.87. The second-order valence-electron chi connectivity index (χ2n) is 3.21. The first-order chi connectivity index (χ1) is 6.29. The Bertz CT molecular complexity index is 223. The maximum absolute atomic E-state index is 9.79. The van der Waals surface area contributed by atoms with Crippen LogP contribution in [0.15, 0.2) is 12.7 Å². The molecule has 4 heteroatoms. The van der Waals surface area contributed by atoms with E-state index in [0.29, 0.717) is 0 Å². The number of aliphatic hydroxyl groups is 1. The molecule has 1 heterocycles. The Morgan fingerprint density at radius 2 is 2.23 bits per heavy atom. The summed E-state index contributed by atoms with van der Waals surface area (Å²) in [6.45, 7) is 4.11. The van der Waals surface area contributed by atoms with Crippen molar-refractivity contribution in [2.75, 3.05) is 0 Å². The summed E-state index contributed by atoms with van der Waals surface area (Å²) in [5, 5.41) is 13.8. The van der Waals surface area contributed by atoms with Crippen molar-refractivity contribution in [1.82, 2.24) is 14.8 Å². The number of hydrogen-bond acceptors (Lipinski definition) is 3. The van der Waals surface area contributed by atoms with Gasteiger partial charge in [-0.15, -0.1) is 0 Å². The van der Waals surface area contributed by atoms with Crippen molar-refractivity contribution in [3.8, 4) is 0 Å². The molecule has 0 aromatic carbocycles. The Morgan fingerprint density at radius 1 is 1.46 bits per heavy atom. The molecule has 0 aliphatic heterocycles. The third-order valence-electron chi connectivity index (χ3n) is 2.22. The van der Waals surface area contributed by atoms with Crippen LogP contribution in [0, 0.1) is 0 Å². The Labute approximate surface area is 78.6 Å². The van der Waals surface area contributed by atoms with E-state index in [-0.39, 0.29) is 12.1 Å². The number of aromatic nitrogens is 3. The van der Waals surface area contributed by atoms with Gasteiger partial charge >= 0.3 is 0 Å². The van der Waals surface area contributed by atoms with Crippen LogP contribution in [0.4, 0.5) is 0 Å². The van der Waals surface area contributed by atoms with Gasteiger partial charge < -0.3 is 5.11 Å². The van der Waals surface area contributed by atoms with Crippen LogP contribution in [0.25, 0.3) is 0 Å². The highest BCUT2D eigenvalue weighted by Crippen LogP contribution is 2.17. The first-order valence-electron chi connectivity index (χ1n) is 4.81. The summed E-state index contributed by atoms with van der Waals surface area (Å²) in [7, 11) is 0. The lowest BCUT2D eigenvalue weighted by molar-refractivity contribution is 0.0940. The lowest BCUT2D eigenvalue weighted by Crippen LogP contribution is -2.23. The fourth-order valence-electron chi connectivity index (χ4n) is 1.51. The molecule has 0 saturated carbocycles. The quantitative estimate of drug-likeness (QED) is 0.750. The van der Waals surface area contributed by atoms with Crippen molar-refractivity contribution in [3.05, 3.63) is 12.7 Å². The SMILES string of the molecule is CCCC(O)C(CC)n1cncn1. The summed E-state index contributed by atoms with van der Waals surface area (Å²) in [6, 6.07) is 0.0717. The van der Waals surface area contributed by atoms with Crippen LogP contribution in [0.2, 0.25) is 0 Å². The zero-order chi connectivity index (χ0) is 9.68. The molecule has 2 atom stereocenters. The van der Waals surface area contributed by atoms with E-state index in [1.807, 2.05) is 6.92 Å². The van der Waals surface area contributed by atoms with Gasteiger partial charge in [-0.25, -0.2) is 9.67 Å². The van der Waals surface area contributed by atoms with Crippen molar-refractivity contribution in [1.29, 1.82) is 0 Å². The minimum absolute atomic E-state index is 0.0717. The maximum Gasteiger partial charge on any atom is 0.137 e. The molecular weight excluding hydrogens is 166 g/mol. The molecule has 2 unspecified atom stereocenters. The molecule has 0 aliphatic rings. The van der Waals surface area contributed by atoms with Crippen molar-refractivity contribution < 1.29 is 5.11 Å². The van der Waals surface area contributed by atoms with Gasteiger partial charge in [-0.05, 0) is 12.8 Å². The van der Waals surface area contributed by atoms with Crippen LogP contribution in [0.5, 0.6) is 0 Å². The van der Waals surface area contributed by atoms with Gasteiger partial charge in [-0.2, -0.15) is 5.10 Å². The molecule has 0 saturated heterocycles. The molecule has 1 rings (SSSR count). The lowest BCUT2D eigenvalue weighted by Gasteiger charge is -2.20. The number of hydrogen-bond donors (Lipinski definition) is 1. The predicted octanol–water partition coefficient (Wildman–Crippen LogP) is 1.39. The van der Waals surface area contributed by atoms with Gasteiger partial charge in [0.2, 0.25) is 0 Å². The summed E-state index contributed by atoms with van der Waals surface area (Å²) in [5.74, 6) is 0. The third kappa shape index (κ3) is 2.52. The predicted molar refractivity (Wildman–Crippen MR) is 50.3 cm³/mol. The zero-order valence-corrected chi connectivity index (χ0v) is 8.22. The zero-order valence-electron chi connectivity index (χ0n) is 8.22. The van der Waals surface area contributed by atoms with Crippen molar-refractivity contribution in [2.45, 2.75) is 45.3 Å². The van der Waals surface area contributed by atoms with Crippen LogP contribution in [-0.2, 0) is 0 Å². The highest BCUT2D eigenvalue weighted by atomic mass is 16.3. The lowest BCUT2D eigenvalue weighted by atomic mass is 10.0. The Kier molecular flexibility index (Phi) is 3.89. The van der Waals surface area contributed by atoms with E-state index in [9.17, 15) is 5.11 Å². The minimum atomic E-state index is -0.309. The molecule has 1 aromatic rings. The van der Waals surface area contributed by atoms with E-state index in [1.54, 1.807) is 11.0 Å². The number of aliphatic hydroxyl groups excluding tert-OH is 1. The minimum Gasteiger partial charge on any atom is -0.391 e. The molecule has 1 aromatic heterocycles. The average molecular weight is 183 g/mol.